The molecule has 2 saturated heterocycles. The summed E-state index contributed by atoms with van der Waals surface area (Å²) in [5.41, 5.74) is 6.55. The molecule has 17 nitrogen and oxygen atoms in total. The SMILES string of the molecule is O=C(NS(=O)(=O)c1ccc(NCC2COCCO2)c([N+](=O)[O-])c1)c1ncc(N2CCN(CC3=C(c4ccc(Cl)cc4)CC4(CCC4)CC3)CC2)cc1N1CCCOc2nc3[nH]ccc3cc21. The zero-order chi connectivity index (χ0) is 45.4. The molecule has 2 aliphatic carbocycles. The fourth-order valence-electron chi connectivity index (χ4n) is 9.92. The number of fused-ring (bicyclic) bond motifs is 2. The summed E-state index contributed by atoms with van der Waals surface area (Å²) in [6.07, 6.45) is 11.0. The summed E-state index contributed by atoms with van der Waals surface area (Å²) in [4.78, 5) is 44.6. The van der Waals surface area contributed by atoms with Gasteiger partial charge >= 0.3 is 0 Å². The highest BCUT2D eigenvalue weighted by molar-refractivity contribution is 7.90. The maximum absolute atomic E-state index is 14.3. The number of H-pyrrole nitrogens is 1. The summed E-state index contributed by atoms with van der Waals surface area (Å²) in [5.74, 6) is -0.633. The van der Waals surface area contributed by atoms with Crippen molar-refractivity contribution in [3.8, 4) is 5.88 Å². The molecule has 3 aliphatic heterocycles. The van der Waals surface area contributed by atoms with Crippen LogP contribution in [0.25, 0.3) is 16.6 Å². The first kappa shape index (κ1) is 44.1. The van der Waals surface area contributed by atoms with Gasteiger partial charge in [0.1, 0.15) is 17.0 Å². The van der Waals surface area contributed by atoms with Gasteiger partial charge in [0.15, 0.2) is 5.69 Å². The van der Waals surface area contributed by atoms with Gasteiger partial charge in [0.2, 0.25) is 5.88 Å². The van der Waals surface area contributed by atoms with E-state index >= 15 is 0 Å². The van der Waals surface area contributed by atoms with Crippen molar-refractivity contribution < 1.29 is 32.3 Å². The fourth-order valence-corrected chi connectivity index (χ4v) is 11.0. The number of anilines is 4. The number of ether oxygens (including phenoxy) is 3. The van der Waals surface area contributed by atoms with Crippen LogP contribution in [0.2, 0.25) is 5.02 Å². The lowest BCUT2D eigenvalue weighted by molar-refractivity contribution is -0.384. The van der Waals surface area contributed by atoms with Crippen molar-refractivity contribution in [1.82, 2.24) is 24.6 Å². The van der Waals surface area contributed by atoms with Crippen LogP contribution in [0.3, 0.4) is 0 Å². The zero-order valence-electron chi connectivity index (χ0n) is 36.5. The van der Waals surface area contributed by atoms with E-state index in [1.165, 1.54) is 54.5 Å². The van der Waals surface area contributed by atoms with Crippen molar-refractivity contribution >= 4 is 72.6 Å². The predicted octanol–water partition coefficient (Wildman–Crippen LogP) is 7.32. The molecule has 0 bridgehead atoms. The highest BCUT2D eigenvalue weighted by Gasteiger charge is 2.41. The van der Waals surface area contributed by atoms with E-state index in [0.717, 1.165) is 54.6 Å². The molecule has 5 aromatic rings. The standard InChI is InChI=1S/C47H52ClN9O8S/c48-34-5-3-31(4-6-34)38-26-47(11-1-12-47)13-9-33(38)29-54-16-18-55(19-17-54)35-24-41(56-15-2-20-65-46-42(56)23-32-10-14-49-44(32)52-46)43(51-27-35)45(58)53-66(61,62)37-7-8-39(40(25-37)57(59)60)50-28-36-30-63-21-22-64-36/h3-8,10,14,23-25,27,36,50H,1-2,9,11-13,15-22,26,28-30H2,(H,49,52)(H,53,58). The number of aromatic nitrogens is 3. The van der Waals surface area contributed by atoms with E-state index in [2.05, 4.69) is 41.9 Å². The molecular weight excluding hydrogens is 886 g/mol. The molecule has 0 radical (unpaired) electrons. The van der Waals surface area contributed by atoms with Gasteiger partial charge < -0.3 is 34.3 Å². The molecule has 2 aromatic carbocycles. The van der Waals surface area contributed by atoms with Crippen LogP contribution in [0.15, 0.2) is 83.5 Å². The zero-order valence-corrected chi connectivity index (χ0v) is 38.0. The number of aromatic amines is 1. The van der Waals surface area contributed by atoms with Crippen LogP contribution < -0.4 is 24.6 Å². The summed E-state index contributed by atoms with van der Waals surface area (Å²) >= 11 is 6.30. The van der Waals surface area contributed by atoms with Crippen molar-refractivity contribution in [3.05, 3.63) is 105 Å². The Morgan fingerprint density at radius 3 is 2.56 bits per heavy atom. The lowest BCUT2D eigenvalue weighted by Crippen LogP contribution is -2.47. The number of carbonyl (C=O) groups is 1. The topological polar surface area (TPSA) is 197 Å². The van der Waals surface area contributed by atoms with Crippen LogP contribution in [0.4, 0.5) is 28.4 Å². The number of hydrogen-bond donors (Lipinski definition) is 3. The molecule has 66 heavy (non-hydrogen) atoms. The molecule has 1 amide bonds. The number of nitrogens with zero attached hydrogens (tertiary/aromatic N) is 6. The average Bonchev–Trinajstić information content (AvgIpc) is 3.68. The lowest BCUT2D eigenvalue weighted by atomic mass is 9.59. The van der Waals surface area contributed by atoms with E-state index < -0.39 is 31.4 Å². The molecule has 1 spiro atoms. The number of nitro benzene ring substituents is 1. The molecular formula is C47H52ClN9O8S. The Kier molecular flexibility index (Phi) is 12.3. The van der Waals surface area contributed by atoms with Gasteiger partial charge in [-0.3, -0.25) is 19.8 Å². The summed E-state index contributed by atoms with van der Waals surface area (Å²) in [5, 5.41) is 16.7. The quantitative estimate of drug-likeness (QED) is 0.0831. The second-order valence-electron chi connectivity index (χ2n) is 17.8. The van der Waals surface area contributed by atoms with Gasteiger partial charge in [-0.25, -0.2) is 18.1 Å². The molecule has 6 heterocycles. The molecule has 19 heteroatoms. The van der Waals surface area contributed by atoms with Crippen LogP contribution in [0, 0.1) is 15.5 Å². The van der Waals surface area contributed by atoms with Crippen molar-refractivity contribution in [2.45, 2.75) is 55.9 Å². The highest BCUT2D eigenvalue weighted by atomic mass is 35.5. The Labute approximate surface area is 387 Å². The van der Waals surface area contributed by atoms with Gasteiger partial charge in [0.05, 0.1) is 59.9 Å². The van der Waals surface area contributed by atoms with Crippen LogP contribution in [0.5, 0.6) is 5.88 Å². The molecule has 1 unspecified atom stereocenters. The molecule has 3 aromatic heterocycles. The smallest absolute Gasteiger partial charge is 0.293 e. The summed E-state index contributed by atoms with van der Waals surface area (Å²) in [6, 6.07) is 17.5. The number of piperazine rings is 1. The third-order valence-electron chi connectivity index (χ3n) is 13.7. The Balaban J connectivity index is 0.916. The van der Waals surface area contributed by atoms with Crippen LogP contribution in [-0.2, 0) is 19.5 Å². The number of halogens is 1. The van der Waals surface area contributed by atoms with Crippen molar-refractivity contribution in [2.75, 3.05) is 87.4 Å². The van der Waals surface area contributed by atoms with Gasteiger partial charge in [0, 0.05) is 68.5 Å². The van der Waals surface area contributed by atoms with Gasteiger partial charge in [-0.1, -0.05) is 35.7 Å². The van der Waals surface area contributed by atoms with E-state index in [-0.39, 0.29) is 24.0 Å². The second kappa shape index (κ2) is 18.5. The van der Waals surface area contributed by atoms with E-state index in [1.54, 1.807) is 12.4 Å². The second-order valence-corrected chi connectivity index (χ2v) is 20.0. The first-order chi connectivity index (χ1) is 32.0. The minimum atomic E-state index is -4.63. The van der Waals surface area contributed by atoms with Gasteiger partial charge in [-0.05, 0) is 97.5 Å². The minimum absolute atomic E-state index is 0.0997. The number of amides is 1. The molecule has 1 saturated carbocycles. The van der Waals surface area contributed by atoms with Crippen LogP contribution >= 0.6 is 11.6 Å². The molecule has 346 valence electrons. The first-order valence-corrected chi connectivity index (χ1v) is 24.5. The number of rotatable bonds is 12. The van der Waals surface area contributed by atoms with Gasteiger partial charge in [-0.15, -0.1) is 0 Å². The number of allylic oxidation sites excluding steroid dienone is 1. The Morgan fingerprint density at radius 1 is 0.970 bits per heavy atom. The van der Waals surface area contributed by atoms with E-state index in [0.29, 0.717) is 80.8 Å². The number of benzene rings is 2. The predicted molar refractivity (Wildman–Crippen MR) is 251 cm³/mol. The summed E-state index contributed by atoms with van der Waals surface area (Å²) < 4.78 is 47.1. The number of carbonyl (C=O) groups excluding carboxylic acids is 1. The number of nitrogens with one attached hydrogen (secondary N) is 3. The number of pyridine rings is 2. The van der Waals surface area contributed by atoms with Crippen molar-refractivity contribution in [1.29, 1.82) is 0 Å². The lowest BCUT2D eigenvalue weighted by Gasteiger charge is -2.47. The average molecular weight is 939 g/mol. The van der Waals surface area contributed by atoms with Crippen LogP contribution in [0.1, 0.15) is 61.0 Å². The molecule has 5 aliphatic rings. The third-order valence-corrected chi connectivity index (χ3v) is 15.3. The van der Waals surface area contributed by atoms with Gasteiger partial charge in [0.25, 0.3) is 21.6 Å². The molecule has 1 atom stereocenters. The fraction of sp³-hybridized carbons (Fsp3) is 0.426. The minimum Gasteiger partial charge on any atom is -0.476 e. The number of hydrogen-bond acceptors (Lipinski definition) is 14. The Bertz CT molecular complexity index is 2780. The Morgan fingerprint density at radius 2 is 1.80 bits per heavy atom. The number of sulfonamides is 1. The summed E-state index contributed by atoms with van der Waals surface area (Å²) in [7, 11) is -4.63. The highest BCUT2D eigenvalue weighted by Crippen LogP contribution is 2.55. The Hall–Kier alpha value is -5.79. The van der Waals surface area contributed by atoms with E-state index in [9.17, 15) is 23.3 Å². The maximum atomic E-state index is 14.3. The third kappa shape index (κ3) is 9.16. The molecule has 10 rings (SSSR count). The van der Waals surface area contributed by atoms with Crippen molar-refractivity contribution in [3.63, 3.8) is 0 Å². The molecule has 3 N–H and O–H groups in total. The largest absolute Gasteiger partial charge is 0.476 e. The first-order valence-electron chi connectivity index (χ1n) is 22.6. The monoisotopic (exact) mass is 937 g/mol. The van der Waals surface area contributed by atoms with E-state index in [1.807, 2.05) is 35.2 Å². The maximum Gasteiger partial charge on any atom is 0.293 e. The normalized spacial score (nSPS) is 20.0. The van der Waals surface area contributed by atoms with E-state index in [4.69, 9.17) is 30.8 Å². The summed E-state index contributed by atoms with van der Waals surface area (Å²) in [6.45, 7) is 6.15. The number of nitro groups is 1. The van der Waals surface area contributed by atoms with Crippen LogP contribution in [-0.4, -0.2) is 117 Å². The molecule has 3 fully saturated rings. The van der Waals surface area contributed by atoms with Gasteiger partial charge in [-0.2, -0.15) is 4.98 Å². The van der Waals surface area contributed by atoms with Crippen molar-refractivity contribution in [2.24, 2.45) is 5.41 Å².